The fourth-order valence-electron chi connectivity index (χ4n) is 3.90. The van der Waals surface area contributed by atoms with Crippen LogP contribution in [-0.2, 0) is 20.7 Å². The van der Waals surface area contributed by atoms with Gasteiger partial charge >= 0.3 is 5.97 Å². The van der Waals surface area contributed by atoms with E-state index in [0.29, 0.717) is 12.8 Å². The van der Waals surface area contributed by atoms with Crippen LogP contribution >= 0.6 is 0 Å². The first-order valence-electron chi connectivity index (χ1n) is 8.26. The molecule has 124 valence electrons. The highest BCUT2D eigenvalue weighted by Gasteiger charge is 2.43. The zero-order valence-corrected chi connectivity index (χ0v) is 13.4. The molecule has 2 fully saturated rings. The number of piperidine rings is 1. The van der Waals surface area contributed by atoms with E-state index in [1.165, 1.54) is 0 Å². The van der Waals surface area contributed by atoms with E-state index in [2.05, 4.69) is 0 Å². The van der Waals surface area contributed by atoms with Gasteiger partial charge in [0.25, 0.3) is 0 Å². The molecule has 5 nitrogen and oxygen atoms in total. The summed E-state index contributed by atoms with van der Waals surface area (Å²) in [6.07, 6.45) is 2.25. The Bertz CT molecular complexity index is 560. The van der Waals surface area contributed by atoms with Crippen LogP contribution in [0.25, 0.3) is 0 Å². The van der Waals surface area contributed by atoms with Gasteiger partial charge in [-0.25, -0.2) is 4.79 Å². The number of nitrogens with zero attached hydrogens (tertiary/aromatic N) is 1. The molecular formula is C18H23NO4. The van der Waals surface area contributed by atoms with Gasteiger partial charge in [-0.1, -0.05) is 30.3 Å². The molecule has 3 unspecified atom stereocenters. The number of amides is 1. The molecule has 1 aromatic rings. The Morgan fingerprint density at radius 3 is 2.39 bits per heavy atom. The first-order valence-corrected chi connectivity index (χ1v) is 8.26. The lowest BCUT2D eigenvalue weighted by Crippen LogP contribution is -2.48. The van der Waals surface area contributed by atoms with Crippen molar-refractivity contribution in [3.05, 3.63) is 35.9 Å². The molecule has 2 heterocycles. The molecule has 0 aromatic heterocycles. The standard InChI is InChI=1S/C18H23NO4/c1-12(20)19-14-7-8-15(19)11-16(10-14)23-18(22)17(21)9-13-5-3-2-4-6-13/h2-6,14-17,21H,7-11H2,1H3. The maximum atomic E-state index is 12.1. The van der Waals surface area contributed by atoms with Gasteiger partial charge in [-0.2, -0.15) is 0 Å². The summed E-state index contributed by atoms with van der Waals surface area (Å²) in [6, 6.07) is 9.76. The predicted octanol–water partition coefficient (Wildman–Crippen LogP) is 1.68. The van der Waals surface area contributed by atoms with Gasteiger partial charge in [0.05, 0.1) is 0 Å². The lowest BCUT2D eigenvalue weighted by atomic mass is 9.99. The molecule has 2 aliphatic rings. The van der Waals surface area contributed by atoms with E-state index in [-0.39, 0.29) is 30.5 Å². The molecule has 0 saturated carbocycles. The summed E-state index contributed by atoms with van der Waals surface area (Å²) >= 11 is 0. The van der Waals surface area contributed by atoms with Crippen molar-refractivity contribution in [3.8, 4) is 0 Å². The number of fused-ring (bicyclic) bond motifs is 2. The summed E-state index contributed by atoms with van der Waals surface area (Å²) < 4.78 is 5.51. The quantitative estimate of drug-likeness (QED) is 0.858. The highest BCUT2D eigenvalue weighted by molar-refractivity contribution is 5.76. The Hall–Kier alpha value is -1.88. The molecule has 5 heteroatoms. The third-order valence-corrected chi connectivity index (χ3v) is 4.88. The molecule has 2 saturated heterocycles. The number of ether oxygens (including phenoxy) is 1. The van der Waals surface area contributed by atoms with Crippen molar-refractivity contribution >= 4 is 11.9 Å². The lowest BCUT2D eigenvalue weighted by Gasteiger charge is -2.38. The van der Waals surface area contributed by atoms with Crippen molar-refractivity contribution in [2.75, 3.05) is 0 Å². The molecule has 1 N–H and O–H groups in total. The van der Waals surface area contributed by atoms with E-state index >= 15 is 0 Å². The third-order valence-electron chi connectivity index (χ3n) is 4.88. The predicted molar refractivity (Wildman–Crippen MR) is 84.6 cm³/mol. The fourth-order valence-corrected chi connectivity index (χ4v) is 3.90. The monoisotopic (exact) mass is 317 g/mol. The summed E-state index contributed by atoms with van der Waals surface area (Å²) in [6.45, 7) is 1.60. The van der Waals surface area contributed by atoms with Gasteiger partial charge in [0, 0.05) is 38.3 Å². The first kappa shape index (κ1) is 16.0. The summed E-state index contributed by atoms with van der Waals surface area (Å²) in [5, 5.41) is 10.1. The van der Waals surface area contributed by atoms with Crippen LogP contribution in [0.5, 0.6) is 0 Å². The smallest absolute Gasteiger partial charge is 0.335 e. The number of hydrogen-bond acceptors (Lipinski definition) is 4. The largest absolute Gasteiger partial charge is 0.460 e. The SMILES string of the molecule is CC(=O)N1C2CCC1CC(OC(=O)C(O)Cc1ccccc1)C2. The average Bonchev–Trinajstić information content (AvgIpc) is 2.80. The number of esters is 1. The fraction of sp³-hybridized carbons (Fsp3) is 0.556. The zero-order valence-electron chi connectivity index (χ0n) is 13.4. The molecule has 3 rings (SSSR count). The number of aliphatic hydroxyl groups excluding tert-OH is 1. The number of benzene rings is 1. The van der Waals surface area contributed by atoms with Crippen LogP contribution < -0.4 is 0 Å². The minimum Gasteiger partial charge on any atom is -0.460 e. The highest BCUT2D eigenvalue weighted by atomic mass is 16.6. The number of rotatable bonds is 4. The summed E-state index contributed by atoms with van der Waals surface area (Å²) in [5.74, 6) is -0.457. The van der Waals surface area contributed by atoms with E-state index in [1.807, 2.05) is 35.2 Å². The van der Waals surface area contributed by atoms with E-state index in [4.69, 9.17) is 4.74 Å². The van der Waals surface area contributed by atoms with Crippen molar-refractivity contribution in [1.82, 2.24) is 4.90 Å². The Kier molecular flexibility index (Phi) is 4.66. The highest BCUT2D eigenvalue weighted by Crippen LogP contribution is 2.37. The van der Waals surface area contributed by atoms with Crippen LogP contribution in [0.3, 0.4) is 0 Å². The Labute approximate surface area is 136 Å². The van der Waals surface area contributed by atoms with Crippen LogP contribution in [0.1, 0.15) is 38.2 Å². The second kappa shape index (κ2) is 6.71. The van der Waals surface area contributed by atoms with E-state index in [0.717, 1.165) is 18.4 Å². The minimum absolute atomic E-state index is 0.103. The van der Waals surface area contributed by atoms with Gasteiger partial charge in [0.1, 0.15) is 6.10 Å². The second-order valence-corrected chi connectivity index (χ2v) is 6.55. The Morgan fingerprint density at radius 2 is 1.83 bits per heavy atom. The van der Waals surface area contributed by atoms with Crippen molar-refractivity contribution in [1.29, 1.82) is 0 Å². The molecular weight excluding hydrogens is 294 g/mol. The third kappa shape index (κ3) is 3.55. The molecule has 0 aliphatic carbocycles. The van der Waals surface area contributed by atoms with Crippen LogP contribution in [0.2, 0.25) is 0 Å². The number of hydrogen-bond donors (Lipinski definition) is 1. The minimum atomic E-state index is -1.14. The molecule has 2 bridgehead atoms. The van der Waals surface area contributed by atoms with Crippen LogP contribution in [0, 0.1) is 0 Å². The molecule has 3 atom stereocenters. The Morgan fingerprint density at radius 1 is 1.22 bits per heavy atom. The van der Waals surface area contributed by atoms with Gasteiger partial charge < -0.3 is 14.7 Å². The van der Waals surface area contributed by atoms with Gasteiger partial charge in [0.2, 0.25) is 5.91 Å². The van der Waals surface area contributed by atoms with Crippen LogP contribution in [0.4, 0.5) is 0 Å². The second-order valence-electron chi connectivity index (χ2n) is 6.55. The normalized spacial score (nSPS) is 27.6. The number of aliphatic hydroxyl groups is 1. The van der Waals surface area contributed by atoms with E-state index < -0.39 is 12.1 Å². The zero-order chi connectivity index (χ0) is 16.4. The van der Waals surface area contributed by atoms with Gasteiger partial charge in [-0.3, -0.25) is 4.79 Å². The summed E-state index contributed by atoms with van der Waals surface area (Å²) in [5.41, 5.74) is 0.906. The molecule has 1 aromatic carbocycles. The lowest BCUT2D eigenvalue weighted by molar-refractivity contribution is -0.163. The van der Waals surface area contributed by atoms with Gasteiger partial charge in [-0.05, 0) is 18.4 Å². The van der Waals surface area contributed by atoms with Crippen molar-refractivity contribution < 1.29 is 19.4 Å². The average molecular weight is 317 g/mol. The van der Waals surface area contributed by atoms with Crippen molar-refractivity contribution in [2.24, 2.45) is 0 Å². The summed E-state index contributed by atoms with van der Waals surface area (Å²) in [7, 11) is 0. The van der Waals surface area contributed by atoms with Gasteiger partial charge in [-0.15, -0.1) is 0 Å². The molecule has 23 heavy (non-hydrogen) atoms. The van der Waals surface area contributed by atoms with E-state index in [9.17, 15) is 14.7 Å². The van der Waals surface area contributed by atoms with Crippen molar-refractivity contribution in [2.45, 2.75) is 63.3 Å². The maximum absolute atomic E-state index is 12.1. The number of carbonyl (C=O) groups is 2. The molecule has 2 aliphatic heterocycles. The topological polar surface area (TPSA) is 66.8 Å². The van der Waals surface area contributed by atoms with Crippen LogP contribution in [0.15, 0.2) is 30.3 Å². The van der Waals surface area contributed by atoms with Crippen LogP contribution in [-0.4, -0.2) is 46.2 Å². The molecule has 1 amide bonds. The molecule has 0 spiro atoms. The first-order chi connectivity index (χ1) is 11.0. The van der Waals surface area contributed by atoms with Crippen molar-refractivity contribution in [3.63, 3.8) is 0 Å². The summed E-state index contributed by atoms with van der Waals surface area (Å²) in [4.78, 5) is 25.7. The Balaban J connectivity index is 1.54. The molecule has 0 radical (unpaired) electrons. The van der Waals surface area contributed by atoms with Gasteiger partial charge in [0.15, 0.2) is 6.10 Å². The number of carbonyl (C=O) groups excluding carboxylic acids is 2. The van der Waals surface area contributed by atoms with E-state index in [1.54, 1.807) is 6.92 Å². The maximum Gasteiger partial charge on any atom is 0.335 e.